The third-order valence-electron chi connectivity index (χ3n) is 9.02. The van der Waals surface area contributed by atoms with E-state index < -0.39 is 8.32 Å². The summed E-state index contributed by atoms with van der Waals surface area (Å²) in [6.45, 7) is 12.7. The summed E-state index contributed by atoms with van der Waals surface area (Å²) in [6.07, 6.45) is 2.95. The van der Waals surface area contributed by atoms with Crippen LogP contribution < -0.4 is 19.5 Å². The molecule has 0 saturated heterocycles. The molecule has 1 unspecified atom stereocenters. The fraction of sp³-hybridized carbons (Fsp3) is 0.400. The van der Waals surface area contributed by atoms with Gasteiger partial charge in [-0.15, -0.1) is 0 Å². The number of fused-ring (bicyclic) bond motifs is 2. The van der Waals surface area contributed by atoms with Crippen molar-refractivity contribution in [2.24, 2.45) is 0 Å². The Morgan fingerprint density at radius 3 is 2.33 bits per heavy atom. The molecule has 8 heteroatoms. The fourth-order valence-electron chi connectivity index (χ4n) is 5.41. The van der Waals surface area contributed by atoms with Crippen LogP contribution in [0.1, 0.15) is 48.7 Å². The van der Waals surface area contributed by atoms with Gasteiger partial charge in [-0.3, -0.25) is 4.79 Å². The van der Waals surface area contributed by atoms with E-state index in [2.05, 4.69) is 57.4 Å². The second-order valence-corrected chi connectivity index (χ2v) is 17.6. The number of carbonyl (C=O) groups excluding carboxylic acids is 1. The summed E-state index contributed by atoms with van der Waals surface area (Å²) in [5.41, 5.74) is 4.72. The maximum absolute atomic E-state index is 14.4. The van der Waals surface area contributed by atoms with Crippen LogP contribution in [-0.2, 0) is 11.0 Å². The highest BCUT2D eigenvalue weighted by Gasteiger charge is 2.42. The number of nitrogens with zero attached hydrogens (tertiary/aromatic N) is 1. The molecule has 2 atom stereocenters. The van der Waals surface area contributed by atoms with Gasteiger partial charge in [0.05, 0.1) is 44.2 Å². The summed E-state index contributed by atoms with van der Waals surface area (Å²) in [7, 11) is 1.22. The monoisotopic (exact) mass is 600 g/mol. The van der Waals surface area contributed by atoms with Gasteiger partial charge in [-0.1, -0.05) is 69.3 Å². The summed E-state index contributed by atoms with van der Waals surface area (Å²) in [4.78, 5) is 16.4. The van der Waals surface area contributed by atoms with Gasteiger partial charge in [0.1, 0.15) is 12.4 Å². The van der Waals surface area contributed by atoms with Gasteiger partial charge < -0.3 is 28.9 Å². The first-order valence-electron chi connectivity index (χ1n) is 14.9. The van der Waals surface area contributed by atoms with Crippen LogP contribution in [0.5, 0.6) is 17.2 Å². The lowest BCUT2D eigenvalue weighted by molar-refractivity contribution is 0.0558. The Kier molecular flexibility index (Phi) is 8.90. The number of amides is 1. The van der Waals surface area contributed by atoms with E-state index in [4.69, 9.17) is 18.6 Å². The molecular weight excluding hydrogens is 556 g/mol. The number of carbonyl (C=O) groups is 1. The van der Waals surface area contributed by atoms with E-state index in [0.717, 1.165) is 29.0 Å². The minimum Gasteiger partial charge on any atom is -0.497 e. The minimum absolute atomic E-state index is 0.0354. The summed E-state index contributed by atoms with van der Waals surface area (Å²) in [5, 5.41) is 3.63. The summed E-state index contributed by atoms with van der Waals surface area (Å²) >= 11 is 0. The van der Waals surface area contributed by atoms with Crippen molar-refractivity contribution in [3.05, 3.63) is 89.5 Å². The number of rotatable bonds is 9. The quantitative estimate of drug-likeness (QED) is 0.258. The van der Waals surface area contributed by atoms with Crippen molar-refractivity contribution in [1.82, 2.24) is 4.90 Å². The van der Waals surface area contributed by atoms with Gasteiger partial charge in [-0.25, -0.2) is 0 Å². The average molecular weight is 601 g/mol. The van der Waals surface area contributed by atoms with Gasteiger partial charge >= 0.3 is 0 Å². The molecule has 0 bridgehead atoms. The zero-order valence-corrected chi connectivity index (χ0v) is 27.4. The van der Waals surface area contributed by atoms with Crippen LogP contribution in [0.25, 0.3) is 5.57 Å². The minimum atomic E-state index is -2.06. The van der Waals surface area contributed by atoms with E-state index in [-0.39, 0.29) is 23.0 Å². The maximum Gasteiger partial charge on any atom is 0.256 e. The highest BCUT2D eigenvalue weighted by Crippen LogP contribution is 2.41. The summed E-state index contributed by atoms with van der Waals surface area (Å²) < 4.78 is 24.0. The van der Waals surface area contributed by atoms with Gasteiger partial charge in [0.25, 0.3) is 5.91 Å². The van der Waals surface area contributed by atoms with Gasteiger partial charge in [0.2, 0.25) is 0 Å². The van der Waals surface area contributed by atoms with Crippen LogP contribution in [0.2, 0.25) is 18.1 Å². The lowest BCUT2D eigenvalue weighted by atomic mass is 9.90. The van der Waals surface area contributed by atoms with Crippen molar-refractivity contribution in [1.29, 1.82) is 0 Å². The lowest BCUT2D eigenvalue weighted by Gasteiger charge is -2.43. The van der Waals surface area contributed by atoms with Crippen LogP contribution in [0, 0.1) is 0 Å². The number of ether oxygens (including phenoxy) is 3. The van der Waals surface area contributed by atoms with Crippen molar-refractivity contribution in [3.8, 4) is 17.2 Å². The molecule has 7 nitrogen and oxygen atoms in total. The van der Waals surface area contributed by atoms with Crippen LogP contribution in [0.15, 0.2) is 72.8 Å². The topological polar surface area (TPSA) is 69.3 Å². The molecule has 2 aliphatic rings. The number of nitrogens with one attached hydrogen (secondary N) is 1. The van der Waals surface area contributed by atoms with E-state index >= 15 is 0 Å². The van der Waals surface area contributed by atoms with E-state index in [9.17, 15) is 4.79 Å². The SMILES string of the molecule is COc1ccc(C2=C[C@@H](CO[Si](C)(C)C(C)(C)C)N3C(=O)c4cc(OC)c(OCc5ccccc5)cc4NCC3C2)cc1. The van der Waals surface area contributed by atoms with Crippen LogP contribution in [0.3, 0.4) is 0 Å². The molecule has 0 saturated carbocycles. The Hall–Kier alpha value is -3.75. The number of hydrogen-bond acceptors (Lipinski definition) is 6. The van der Waals surface area contributed by atoms with E-state index in [1.54, 1.807) is 14.2 Å². The predicted octanol–water partition coefficient (Wildman–Crippen LogP) is 7.40. The molecule has 1 N–H and O–H groups in total. The second kappa shape index (κ2) is 12.5. The van der Waals surface area contributed by atoms with Gasteiger partial charge in [-0.2, -0.15) is 0 Å². The van der Waals surface area contributed by atoms with Crippen molar-refractivity contribution in [3.63, 3.8) is 0 Å². The number of anilines is 1. The number of benzene rings is 3. The van der Waals surface area contributed by atoms with Crippen molar-refractivity contribution in [2.75, 3.05) is 32.7 Å². The molecule has 0 aromatic heterocycles. The third-order valence-corrected chi connectivity index (χ3v) is 13.5. The highest BCUT2D eigenvalue weighted by molar-refractivity contribution is 6.74. The molecule has 228 valence electrons. The Morgan fingerprint density at radius 2 is 1.67 bits per heavy atom. The first-order valence-corrected chi connectivity index (χ1v) is 17.9. The van der Waals surface area contributed by atoms with Crippen molar-refractivity contribution < 1.29 is 23.4 Å². The summed E-state index contributed by atoms with van der Waals surface area (Å²) in [6, 6.07) is 21.6. The third kappa shape index (κ3) is 6.60. The lowest BCUT2D eigenvalue weighted by Crippen LogP contribution is -2.53. The number of methoxy groups -OCH3 is 2. The molecule has 3 aromatic carbocycles. The molecule has 1 amide bonds. The van der Waals surface area contributed by atoms with Gasteiger partial charge in [-0.05, 0) is 59.5 Å². The first-order chi connectivity index (χ1) is 20.5. The predicted molar refractivity (Wildman–Crippen MR) is 175 cm³/mol. The molecule has 43 heavy (non-hydrogen) atoms. The zero-order valence-electron chi connectivity index (χ0n) is 26.4. The zero-order chi connectivity index (χ0) is 30.8. The van der Waals surface area contributed by atoms with E-state index in [0.29, 0.717) is 36.8 Å². The molecule has 3 aromatic rings. The first kappa shape index (κ1) is 30.7. The fourth-order valence-corrected chi connectivity index (χ4v) is 6.43. The molecule has 0 spiro atoms. The highest BCUT2D eigenvalue weighted by atomic mass is 28.4. The van der Waals surface area contributed by atoms with Crippen LogP contribution in [0.4, 0.5) is 5.69 Å². The summed E-state index contributed by atoms with van der Waals surface area (Å²) in [5.74, 6) is 1.91. The molecule has 2 aliphatic heterocycles. The second-order valence-electron chi connectivity index (χ2n) is 12.8. The molecule has 5 rings (SSSR count). The van der Waals surface area contributed by atoms with Crippen molar-refractivity contribution in [2.45, 2.75) is 64.0 Å². The van der Waals surface area contributed by atoms with Crippen LogP contribution in [-0.4, -0.2) is 58.6 Å². The molecule has 0 radical (unpaired) electrons. The Morgan fingerprint density at radius 1 is 0.953 bits per heavy atom. The normalized spacial score (nSPS) is 18.5. The molecule has 0 aliphatic carbocycles. The van der Waals surface area contributed by atoms with Crippen molar-refractivity contribution >= 4 is 25.5 Å². The van der Waals surface area contributed by atoms with Crippen LogP contribution >= 0.6 is 0 Å². The van der Waals surface area contributed by atoms with E-state index in [1.165, 1.54) is 5.57 Å². The molecular formula is C35H44N2O5Si. The van der Waals surface area contributed by atoms with Gasteiger partial charge in [0, 0.05) is 12.6 Å². The smallest absolute Gasteiger partial charge is 0.256 e. The van der Waals surface area contributed by atoms with E-state index in [1.807, 2.05) is 59.5 Å². The average Bonchev–Trinajstić information content (AvgIpc) is 3.14. The Bertz CT molecular complexity index is 1460. The largest absolute Gasteiger partial charge is 0.497 e. The Balaban J connectivity index is 1.48. The number of hydrogen-bond donors (Lipinski definition) is 1. The van der Waals surface area contributed by atoms with Gasteiger partial charge in [0.15, 0.2) is 19.8 Å². The molecule has 2 heterocycles. The molecule has 0 fully saturated rings. The Labute approximate surface area is 256 Å². The standard InChI is InChI=1S/C35H44N2O5Si/c1-35(2,3)43(6,7)42-23-28-18-26(25-13-15-29(39-4)16-14-25)17-27-21-36-31-20-33(41-22-24-11-9-8-10-12-24)32(40-5)19-30(31)34(38)37(27)28/h8-16,18-20,27-28,36H,17,21-23H2,1-7H3/t27?,28-/m0/s1. The maximum atomic E-state index is 14.4.